The van der Waals surface area contributed by atoms with Crippen LogP contribution in [0.2, 0.25) is 0 Å². The lowest BCUT2D eigenvalue weighted by Crippen LogP contribution is -2.17. The standard InChI is InChI=1S/C24H27N2O3PS/c1-17-10-18(2)13-23(12-17)28-30(31,29-24-14-19(3)11-20(4)15-24)26(5)25-16-21-6-8-22(27)9-7-21/h6-16,27H,1-5H3/b25-16+. The van der Waals surface area contributed by atoms with Gasteiger partial charge in [-0.15, -0.1) is 0 Å². The van der Waals surface area contributed by atoms with Gasteiger partial charge >= 0.3 is 6.64 Å². The molecule has 3 aromatic carbocycles. The second-order valence-electron chi connectivity index (χ2n) is 7.62. The number of nitrogens with zero attached hydrogens (tertiary/aromatic N) is 2. The highest BCUT2D eigenvalue weighted by atomic mass is 32.5. The Kier molecular flexibility index (Phi) is 7.04. The summed E-state index contributed by atoms with van der Waals surface area (Å²) in [6.45, 7) is 5.00. The first kappa shape index (κ1) is 22.9. The van der Waals surface area contributed by atoms with Gasteiger partial charge in [0.2, 0.25) is 0 Å². The zero-order chi connectivity index (χ0) is 22.6. The minimum absolute atomic E-state index is 0.201. The van der Waals surface area contributed by atoms with Gasteiger partial charge in [0.05, 0.1) is 6.21 Å². The molecule has 0 aliphatic heterocycles. The van der Waals surface area contributed by atoms with Crippen LogP contribution in [-0.4, -0.2) is 23.1 Å². The molecule has 0 radical (unpaired) electrons. The zero-order valence-electron chi connectivity index (χ0n) is 18.4. The maximum Gasteiger partial charge on any atom is 0.410 e. The van der Waals surface area contributed by atoms with Crippen molar-refractivity contribution in [3.63, 3.8) is 0 Å². The molecular formula is C24H27N2O3PS. The van der Waals surface area contributed by atoms with E-state index in [-0.39, 0.29) is 5.75 Å². The maximum absolute atomic E-state index is 9.47. The van der Waals surface area contributed by atoms with Crippen molar-refractivity contribution in [1.29, 1.82) is 0 Å². The summed E-state index contributed by atoms with van der Waals surface area (Å²) in [6, 6.07) is 18.7. The summed E-state index contributed by atoms with van der Waals surface area (Å²) in [4.78, 5) is 0. The molecule has 0 unspecified atom stereocenters. The van der Waals surface area contributed by atoms with Crippen LogP contribution >= 0.6 is 6.64 Å². The summed E-state index contributed by atoms with van der Waals surface area (Å²) in [5.41, 5.74) is 5.15. The van der Waals surface area contributed by atoms with E-state index in [1.165, 1.54) is 0 Å². The van der Waals surface area contributed by atoms with Crippen molar-refractivity contribution in [3.8, 4) is 17.2 Å². The average Bonchev–Trinajstić information content (AvgIpc) is 2.65. The number of benzene rings is 3. The van der Waals surface area contributed by atoms with Crippen LogP contribution in [0.1, 0.15) is 27.8 Å². The molecule has 5 nitrogen and oxygen atoms in total. The smallest absolute Gasteiger partial charge is 0.410 e. The molecule has 31 heavy (non-hydrogen) atoms. The highest BCUT2D eigenvalue weighted by Crippen LogP contribution is 2.52. The van der Waals surface area contributed by atoms with E-state index in [9.17, 15) is 5.11 Å². The Bertz CT molecular complexity index is 1050. The third-order valence-corrected chi connectivity index (χ3v) is 7.30. The number of hydrogen-bond acceptors (Lipinski definition) is 5. The molecule has 162 valence electrons. The molecule has 0 atom stereocenters. The van der Waals surface area contributed by atoms with Gasteiger partial charge in [0.25, 0.3) is 0 Å². The van der Waals surface area contributed by atoms with Crippen LogP contribution < -0.4 is 9.05 Å². The molecule has 0 amide bonds. The molecule has 0 aliphatic carbocycles. The topological polar surface area (TPSA) is 54.3 Å². The first-order chi connectivity index (χ1) is 14.6. The Morgan fingerprint density at radius 1 is 0.806 bits per heavy atom. The molecule has 0 fully saturated rings. The normalized spacial score (nSPS) is 11.5. The van der Waals surface area contributed by atoms with Crippen LogP contribution in [0, 0.1) is 27.7 Å². The number of aromatic hydroxyl groups is 1. The van der Waals surface area contributed by atoms with E-state index in [1.54, 1.807) is 42.3 Å². The number of hydrogen-bond donors (Lipinski definition) is 1. The Labute approximate surface area is 189 Å². The van der Waals surface area contributed by atoms with Crippen molar-refractivity contribution >= 4 is 24.7 Å². The summed E-state index contributed by atoms with van der Waals surface area (Å²) in [5.74, 6) is 1.50. The number of phenolic OH excluding ortho intramolecular Hbond substituents is 1. The fraction of sp³-hybridized carbons (Fsp3) is 0.208. The van der Waals surface area contributed by atoms with Crippen molar-refractivity contribution in [2.24, 2.45) is 5.10 Å². The molecule has 1 N–H and O–H groups in total. The average molecular weight is 455 g/mol. The molecule has 0 bridgehead atoms. The second-order valence-corrected chi connectivity index (χ2v) is 10.9. The van der Waals surface area contributed by atoms with Crippen molar-refractivity contribution in [1.82, 2.24) is 4.78 Å². The van der Waals surface area contributed by atoms with E-state index >= 15 is 0 Å². The molecular weight excluding hydrogens is 427 g/mol. The van der Waals surface area contributed by atoms with Crippen molar-refractivity contribution < 1.29 is 14.2 Å². The van der Waals surface area contributed by atoms with Gasteiger partial charge in [0.15, 0.2) is 0 Å². The van der Waals surface area contributed by atoms with E-state index in [0.717, 1.165) is 27.8 Å². The van der Waals surface area contributed by atoms with Crippen molar-refractivity contribution in [2.45, 2.75) is 27.7 Å². The van der Waals surface area contributed by atoms with E-state index in [4.69, 9.17) is 20.9 Å². The quantitative estimate of drug-likeness (QED) is 0.259. The van der Waals surface area contributed by atoms with E-state index in [0.29, 0.717) is 11.5 Å². The lowest BCUT2D eigenvalue weighted by atomic mass is 10.1. The van der Waals surface area contributed by atoms with E-state index in [2.05, 4.69) is 17.2 Å². The summed E-state index contributed by atoms with van der Waals surface area (Å²) < 4.78 is 14.2. The summed E-state index contributed by atoms with van der Waals surface area (Å²) in [5, 5.41) is 14.0. The maximum atomic E-state index is 9.47. The van der Waals surface area contributed by atoms with Crippen LogP contribution in [-0.2, 0) is 11.8 Å². The minimum Gasteiger partial charge on any atom is -0.508 e. The van der Waals surface area contributed by atoms with Crippen molar-refractivity contribution in [3.05, 3.63) is 88.5 Å². The van der Waals surface area contributed by atoms with Gasteiger partial charge in [-0.3, -0.25) is 0 Å². The molecule has 0 spiro atoms. The fourth-order valence-electron chi connectivity index (χ4n) is 3.15. The summed E-state index contributed by atoms with van der Waals surface area (Å²) in [7, 11) is 1.75. The Morgan fingerprint density at radius 3 is 1.65 bits per heavy atom. The SMILES string of the molecule is Cc1cc(C)cc(OP(=S)(Oc2cc(C)cc(C)c2)N(C)/N=C/c2ccc(O)cc2)c1. The largest absolute Gasteiger partial charge is 0.508 e. The van der Waals surface area contributed by atoms with E-state index < -0.39 is 6.64 Å². The molecule has 7 heteroatoms. The van der Waals surface area contributed by atoms with Gasteiger partial charge in [-0.05, 0) is 104 Å². The first-order valence-corrected chi connectivity index (χ1v) is 12.5. The lowest BCUT2D eigenvalue weighted by Gasteiger charge is -2.29. The minimum atomic E-state index is -3.06. The van der Waals surface area contributed by atoms with Crippen LogP contribution in [0.25, 0.3) is 0 Å². The van der Waals surface area contributed by atoms with Gasteiger partial charge in [-0.25, -0.2) is 4.78 Å². The number of aryl methyl sites for hydroxylation is 4. The van der Waals surface area contributed by atoms with Gasteiger partial charge in [0, 0.05) is 18.9 Å². The molecule has 0 saturated heterocycles. The molecule has 0 aliphatic rings. The Hall–Kier alpha value is -2.82. The van der Waals surface area contributed by atoms with Gasteiger partial charge in [-0.1, -0.05) is 12.1 Å². The molecule has 3 aromatic rings. The number of phenols is 1. The van der Waals surface area contributed by atoms with Crippen LogP contribution in [0.4, 0.5) is 0 Å². The van der Waals surface area contributed by atoms with Gasteiger partial charge < -0.3 is 14.2 Å². The van der Waals surface area contributed by atoms with Gasteiger partial charge in [0.1, 0.15) is 17.2 Å². The number of hydrazone groups is 1. The molecule has 3 rings (SSSR count). The summed E-state index contributed by atoms with van der Waals surface area (Å²) >= 11 is 5.94. The molecule has 0 saturated carbocycles. The lowest BCUT2D eigenvalue weighted by molar-refractivity contribution is 0.395. The summed E-state index contributed by atoms with van der Waals surface area (Å²) in [6.07, 6.45) is 1.66. The van der Waals surface area contributed by atoms with Gasteiger partial charge in [-0.2, -0.15) is 5.10 Å². The monoisotopic (exact) mass is 454 g/mol. The predicted molar refractivity (Wildman–Crippen MR) is 131 cm³/mol. The predicted octanol–water partition coefficient (Wildman–Crippen LogP) is 6.27. The van der Waals surface area contributed by atoms with E-state index in [1.807, 2.05) is 52.0 Å². The number of rotatable bonds is 7. The van der Waals surface area contributed by atoms with Crippen LogP contribution in [0.15, 0.2) is 65.8 Å². The molecule has 0 aromatic heterocycles. The van der Waals surface area contributed by atoms with Crippen molar-refractivity contribution in [2.75, 3.05) is 7.05 Å². The second kappa shape index (κ2) is 9.54. The third kappa shape index (κ3) is 6.33. The van der Waals surface area contributed by atoms with Crippen LogP contribution in [0.3, 0.4) is 0 Å². The third-order valence-electron chi connectivity index (χ3n) is 4.45. The Balaban J connectivity index is 1.95. The Morgan fingerprint density at radius 2 is 1.23 bits per heavy atom. The first-order valence-electron chi connectivity index (χ1n) is 9.86. The molecule has 0 heterocycles. The fourth-order valence-corrected chi connectivity index (χ4v) is 4.99. The van der Waals surface area contributed by atoms with Crippen LogP contribution in [0.5, 0.6) is 17.2 Å². The zero-order valence-corrected chi connectivity index (χ0v) is 20.1. The highest BCUT2D eigenvalue weighted by molar-refractivity contribution is 8.09. The highest BCUT2D eigenvalue weighted by Gasteiger charge is 2.29.